The largest absolute Gasteiger partial charge is 0.493 e. The molecule has 0 aliphatic carbocycles. The number of fused-ring (bicyclic) bond motifs is 3. The van der Waals surface area contributed by atoms with Crippen LogP contribution >= 0.6 is 24.8 Å². The average molecular weight is 529 g/mol. The highest BCUT2D eigenvalue weighted by Gasteiger charge is 2.39. The van der Waals surface area contributed by atoms with Crippen LogP contribution in [0.3, 0.4) is 0 Å². The van der Waals surface area contributed by atoms with Gasteiger partial charge in [0.1, 0.15) is 5.60 Å². The van der Waals surface area contributed by atoms with Crippen molar-refractivity contribution in [2.75, 3.05) is 12.4 Å². The van der Waals surface area contributed by atoms with Crippen LogP contribution in [0.15, 0.2) is 53.8 Å². The topological polar surface area (TPSA) is 85.7 Å². The number of aliphatic imine (C=N–C) groups is 1. The molecule has 1 aromatic heterocycles. The van der Waals surface area contributed by atoms with Crippen LogP contribution in [0.2, 0.25) is 0 Å². The molecule has 0 saturated carbocycles. The van der Waals surface area contributed by atoms with Gasteiger partial charge in [0.05, 0.1) is 18.4 Å². The molecule has 1 amide bonds. The third-order valence-corrected chi connectivity index (χ3v) is 6.11. The van der Waals surface area contributed by atoms with E-state index in [1.807, 2.05) is 24.3 Å². The van der Waals surface area contributed by atoms with Gasteiger partial charge in [0.15, 0.2) is 11.5 Å². The smallest absolute Gasteiger partial charge is 0.258 e. The number of hydrogen-bond donors (Lipinski definition) is 1. The molecule has 1 N–H and O–H groups in total. The lowest BCUT2D eigenvalue weighted by Gasteiger charge is -2.31. The van der Waals surface area contributed by atoms with E-state index >= 15 is 0 Å². The highest BCUT2D eigenvalue weighted by molar-refractivity contribution is 6.16. The Morgan fingerprint density at radius 1 is 1.03 bits per heavy atom. The van der Waals surface area contributed by atoms with Gasteiger partial charge < -0.3 is 9.47 Å². The summed E-state index contributed by atoms with van der Waals surface area (Å²) >= 11 is 0. The Labute approximate surface area is 223 Å². The number of nitrogens with one attached hydrogen (secondary N) is 1. The van der Waals surface area contributed by atoms with Gasteiger partial charge in [-0.2, -0.15) is 0 Å². The van der Waals surface area contributed by atoms with Gasteiger partial charge >= 0.3 is 0 Å². The summed E-state index contributed by atoms with van der Waals surface area (Å²) in [6.45, 7) is 8.45. The van der Waals surface area contributed by atoms with E-state index < -0.39 is 0 Å². The molecule has 2 aliphatic heterocycles. The first-order valence-corrected chi connectivity index (χ1v) is 11.4. The van der Waals surface area contributed by atoms with E-state index in [0.29, 0.717) is 5.56 Å². The number of methoxy groups -OCH3 is 1. The molecule has 0 bridgehead atoms. The van der Waals surface area contributed by atoms with Crippen molar-refractivity contribution < 1.29 is 14.3 Å². The van der Waals surface area contributed by atoms with Gasteiger partial charge in [0, 0.05) is 41.1 Å². The number of ether oxygens (including phenoxy) is 2. The summed E-state index contributed by atoms with van der Waals surface area (Å²) in [6.07, 6.45) is 4.77. The van der Waals surface area contributed by atoms with E-state index in [0.717, 1.165) is 46.7 Å². The lowest BCUT2D eigenvalue weighted by molar-refractivity contribution is 0.102. The molecule has 0 atom stereocenters. The van der Waals surface area contributed by atoms with Crippen molar-refractivity contribution >= 4 is 42.4 Å². The molecule has 2 aliphatic rings. The number of carbonyl (C=O) groups is 1. The van der Waals surface area contributed by atoms with Gasteiger partial charge in [-0.3, -0.25) is 15.1 Å². The number of hydrogen-bond acceptors (Lipinski definition) is 6. The second kappa shape index (κ2) is 10.1. The number of benzene rings is 2. The Bertz CT molecular complexity index is 1310. The van der Waals surface area contributed by atoms with Crippen molar-refractivity contribution in [1.82, 2.24) is 9.97 Å². The van der Waals surface area contributed by atoms with E-state index in [-0.39, 0.29) is 47.8 Å². The van der Waals surface area contributed by atoms with Crippen LogP contribution in [-0.2, 0) is 12.8 Å². The first-order chi connectivity index (χ1) is 16.2. The standard InChI is InChI=1S/C27H28N4O3.2ClH/c1-26(2)14-18-13-20(33-5)23-19(15-27(3,4)34-23)21(18)22(31-26)16-7-9-17(10-8-16)24(32)30-25-28-11-6-12-29-25;;/h6-13H,14-15H2,1-5H3,(H,28,29,30,32);2*1H. The van der Waals surface area contributed by atoms with Crippen LogP contribution in [0.4, 0.5) is 5.95 Å². The minimum atomic E-state index is -0.315. The minimum Gasteiger partial charge on any atom is -0.493 e. The lowest BCUT2D eigenvalue weighted by atomic mass is 9.81. The van der Waals surface area contributed by atoms with Crippen molar-refractivity contribution in [2.24, 2.45) is 4.99 Å². The molecule has 0 fully saturated rings. The predicted molar refractivity (Wildman–Crippen MR) is 146 cm³/mol. The highest BCUT2D eigenvalue weighted by Crippen LogP contribution is 2.47. The molecule has 2 aromatic carbocycles. The number of amides is 1. The van der Waals surface area contributed by atoms with Gasteiger partial charge in [-0.15, -0.1) is 24.8 Å². The summed E-state index contributed by atoms with van der Waals surface area (Å²) in [5.41, 5.74) is 5.28. The molecule has 0 saturated heterocycles. The van der Waals surface area contributed by atoms with Gasteiger partial charge in [-0.25, -0.2) is 9.97 Å². The zero-order valence-electron chi connectivity index (χ0n) is 20.9. The predicted octanol–water partition coefficient (Wildman–Crippen LogP) is 5.47. The van der Waals surface area contributed by atoms with Crippen LogP contribution in [0.5, 0.6) is 11.5 Å². The van der Waals surface area contributed by atoms with E-state index in [1.165, 1.54) is 5.56 Å². The van der Waals surface area contributed by atoms with Crippen molar-refractivity contribution in [2.45, 2.75) is 51.7 Å². The number of anilines is 1. The number of nitrogens with zero attached hydrogens (tertiary/aromatic N) is 3. The van der Waals surface area contributed by atoms with E-state index in [4.69, 9.17) is 14.5 Å². The zero-order chi connectivity index (χ0) is 24.1. The first-order valence-electron chi connectivity index (χ1n) is 11.4. The SMILES string of the molecule is COc1cc2c(c3c1OC(C)(C)C3)C(c1ccc(C(=O)Nc3ncccn3)cc1)=NC(C)(C)C2.Cl.Cl. The third-order valence-electron chi connectivity index (χ3n) is 6.11. The Morgan fingerprint density at radius 3 is 2.33 bits per heavy atom. The molecular formula is C27H30Cl2N4O3. The molecule has 7 nitrogen and oxygen atoms in total. The second-order valence-corrected chi connectivity index (χ2v) is 10.0. The highest BCUT2D eigenvalue weighted by atomic mass is 35.5. The Morgan fingerprint density at radius 2 is 1.69 bits per heavy atom. The molecule has 0 radical (unpaired) electrons. The van der Waals surface area contributed by atoms with Crippen LogP contribution in [0.25, 0.3) is 0 Å². The average Bonchev–Trinajstić information content (AvgIpc) is 3.12. The fourth-order valence-electron chi connectivity index (χ4n) is 4.75. The van der Waals surface area contributed by atoms with Crippen LogP contribution in [-0.4, -0.2) is 39.8 Å². The Kier molecular flexibility index (Phi) is 7.67. The van der Waals surface area contributed by atoms with E-state index in [9.17, 15) is 4.79 Å². The van der Waals surface area contributed by atoms with Crippen molar-refractivity contribution in [3.05, 3.63) is 76.6 Å². The van der Waals surface area contributed by atoms with Gasteiger partial charge in [-0.05, 0) is 63.9 Å². The van der Waals surface area contributed by atoms with Crippen LogP contribution < -0.4 is 14.8 Å². The van der Waals surface area contributed by atoms with E-state index in [2.05, 4.69) is 49.0 Å². The fraction of sp³-hybridized carbons (Fsp3) is 0.333. The number of aromatic nitrogens is 2. The minimum absolute atomic E-state index is 0. The molecule has 36 heavy (non-hydrogen) atoms. The molecule has 190 valence electrons. The third kappa shape index (κ3) is 5.18. The second-order valence-electron chi connectivity index (χ2n) is 10.0. The molecule has 9 heteroatoms. The molecule has 0 unspecified atom stereocenters. The number of carbonyl (C=O) groups excluding carboxylic acids is 1. The van der Waals surface area contributed by atoms with Crippen molar-refractivity contribution in [1.29, 1.82) is 0 Å². The first kappa shape index (κ1) is 27.4. The summed E-state index contributed by atoms with van der Waals surface area (Å²) in [7, 11) is 1.68. The maximum Gasteiger partial charge on any atom is 0.258 e. The van der Waals surface area contributed by atoms with E-state index in [1.54, 1.807) is 25.6 Å². The van der Waals surface area contributed by atoms with Crippen molar-refractivity contribution in [3.63, 3.8) is 0 Å². The van der Waals surface area contributed by atoms with Gasteiger partial charge in [-0.1, -0.05) is 12.1 Å². The zero-order valence-corrected chi connectivity index (χ0v) is 22.5. The number of halogens is 2. The summed E-state index contributed by atoms with van der Waals surface area (Å²) in [5.74, 6) is 1.59. The summed E-state index contributed by atoms with van der Waals surface area (Å²) < 4.78 is 12.0. The lowest BCUT2D eigenvalue weighted by Crippen LogP contribution is -2.30. The maximum absolute atomic E-state index is 12.6. The number of rotatable bonds is 4. The molecule has 0 spiro atoms. The molecular weight excluding hydrogens is 499 g/mol. The Balaban J connectivity index is 0.00000180. The van der Waals surface area contributed by atoms with Gasteiger partial charge in [0.25, 0.3) is 5.91 Å². The van der Waals surface area contributed by atoms with Crippen LogP contribution in [0, 0.1) is 0 Å². The van der Waals surface area contributed by atoms with Crippen LogP contribution in [0.1, 0.15) is 60.3 Å². The van der Waals surface area contributed by atoms with Gasteiger partial charge in [0.2, 0.25) is 5.95 Å². The monoisotopic (exact) mass is 528 g/mol. The summed E-state index contributed by atoms with van der Waals surface area (Å²) in [5, 5.41) is 2.72. The quantitative estimate of drug-likeness (QED) is 0.485. The summed E-state index contributed by atoms with van der Waals surface area (Å²) in [6, 6.07) is 11.3. The molecule has 3 heterocycles. The maximum atomic E-state index is 12.6. The van der Waals surface area contributed by atoms with Crippen molar-refractivity contribution in [3.8, 4) is 11.5 Å². The molecule has 3 aromatic rings. The molecule has 5 rings (SSSR count). The normalized spacial score (nSPS) is 16.2. The Hall–Kier alpha value is -3.16. The summed E-state index contributed by atoms with van der Waals surface area (Å²) in [4.78, 5) is 25.9. The fourth-order valence-corrected chi connectivity index (χ4v) is 4.75.